The van der Waals surface area contributed by atoms with Gasteiger partial charge in [-0.05, 0) is 17.7 Å². The van der Waals surface area contributed by atoms with Crippen LogP contribution in [0.4, 0.5) is 5.69 Å². The summed E-state index contributed by atoms with van der Waals surface area (Å²) in [7, 11) is -3.63. The summed E-state index contributed by atoms with van der Waals surface area (Å²) in [6.07, 6.45) is 0. The molecular formula is C15H14N2O4S2. The third-order valence-corrected chi connectivity index (χ3v) is 6.84. The summed E-state index contributed by atoms with van der Waals surface area (Å²) >= 11 is 1.47. The van der Waals surface area contributed by atoms with Crippen LogP contribution in [0.2, 0.25) is 0 Å². The van der Waals surface area contributed by atoms with Crippen molar-refractivity contribution in [2.45, 2.75) is 10.3 Å². The smallest absolute Gasteiger partial charge is 0.258 e. The Kier molecular flexibility index (Phi) is 4.38. The predicted molar refractivity (Wildman–Crippen MR) is 88.6 cm³/mol. The van der Waals surface area contributed by atoms with E-state index in [1.807, 2.05) is 0 Å². The molecule has 1 heterocycles. The molecule has 0 amide bonds. The van der Waals surface area contributed by atoms with Crippen LogP contribution >= 0.6 is 11.8 Å². The van der Waals surface area contributed by atoms with Crippen molar-refractivity contribution >= 4 is 27.5 Å². The maximum Gasteiger partial charge on any atom is 0.269 e. The van der Waals surface area contributed by atoms with Gasteiger partial charge in [-0.3, -0.25) is 10.1 Å². The highest BCUT2D eigenvalue weighted by Crippen LogP contribution is 2.42. The van der Waals surface area contributed by atoms with Gasteiger partial charge in [0.15, 0.2) is 0 Å². The molecule has 0 bridgehead atoms. The molecule has 1 aliphatic rings. The molecule has 0 aromatic heterocycles. The molecule has 6 nitrogen and oxygen atoms in total. The molecule has 8 heteroatoms. The number of hydrogen-bond acceptors (Lipinski definition) is 5. The lowest BCUT2D eigenvalue weighted by Crippen LogP contribution is -2.30. The van der Waals surface area contributed by atoms with Gasteiger partial charge in [-0.15, -0.1) is 11.8 Å². The molecule has 0 N–H and O–H groups in total. The van der Waals surface area contributed by atoms with Crippen molar-refractivity contribution in [1.29, 1.82) is 0 Å². The highest BCUT2D eigenvalue weighted by molar-refractivity contribution is 8.01. The second-order valence-electron chi connectivity index (χ2n) is 5.00. The van der Waals surface area contributed by atoms with Gasteiger partial charge in [-0.2, -0.15) is 4.31 Å². The van der Waals surface area contributed by atoms with Gasteiger partial charge < -0.3 is 0 Å². The summed E-state index contributed by atoms with van der Waals surface area (Å²) in [4.78, 5) is 10.7. The fraction of sp³-hybridized carbons (Fsp3) is 0.200. The Morgan fingerprint density at radius 1 is 1.13 bits per heavy atom. The first-order valence-corrected chi connectivity index (χ1v) is 9.42. The molecule has 3 rings (SSSR count). The van der Waals surface area contributed by atoms with E-state index >= 15 is 0 Å². The van der Waals surface area contributed by atoms with Gasteiger partial charge in [0.1, 0.15) is 0 Å². The number of thioether (sulfide) groups is 1. The van der Waals surface area contributed by atoms with Gasteiger partial charge in [0.05, 0.1) is 15.2 Å². The van der Waals surface area contributed by atoms with E-state index in [1.165, 1.54) is 28.2 Å². The van der Waals surface area contributed by atoms with E-state index < -0.39 is 20.3 Å². The Hall–Kier alpha value is -1.90. The minimum absolute atomic E-state index is 0.0351. The Balaban J connectivity index is 1.98. The number of rotatable bonds is 4. The molecule has 1 saturated heterocycles. The number of sulfonamides is 1. The Morgan fingerprint density at radius 2 is 1.87 bits per heavy atom. The van der Waals surface area contributed by atoms with Gasteiger partial charge in [0, 0.05) is 24.4 Å². The Morgan fingerprint density at radius 3 is 2.57 bits per heavy atom. The first kappa shape index (κ1) is 16.0. The highest BCUT2D eigenvalue weighted by atomic mass is 32.2. The van der Waals surface area contributed by atoms with Gasteiger partial charge in [0.2, 0.25) is 10.0 Å². The first-order valence-electron chi connectivity index (χ1n) is 6.93. The molecule has 1 fully saturated rings. The minimum Gasteiger partial charge on any atom is -0.258 e. The largest absolute Gasteiger partial charge is 0.269 e. The lowest BCUT2D eigenvalue weighted by Gasteiger charge is -2.23. The first-order chi connectivity index (χ1) is 11.0. The minimum atomic E-state index is -3.63. The van der Waals surface area contributed by atoms with Crippen LogP contribution in [0.5, 0.6) is 0 Å². The van der Waals surface area contributed by atoms with E-state index in [4.69, 9.17) is 0 Å². The van der Waals surface area contributed by atoms with Crippen LogP contribution in [0.1, 0.15) is 10.9 Å². The molecule has 0 unspecified atom stereocenters. The lowest BCUT2D eigenvalue weighted by atomic mass is 10.2. The Labute approximate surface area is 138 Å². The van der Waals surface area contributed by atoms with E-state index in [0.29, 0.717) is 17.9 Å². The van der Waals surface area contributed by atoms with Crippen molar-refractivity contribution in [2.24, 2.45) is 0 Å². The van der Waals surface area contributed by atoms with E-state index in [1.54, 1.807) is 42.5 Å². The highest BCUT2D eigenvalue weighted by Gasteiger charge is 2.37. The van der Waals surface area contributed by atoms with Crippen molar-refractivity contribution < 1.29 is 13.3 Å². The van der Waals surface area contributed by atoms with Crippen molar-refractivity contribution in [3.8, 4) is 0 Å². The number of hydrogen-bond donors (Lipinski definition) is 0. The molecular weight excluding hydrogens is 336 g/mol. The van der Waals surface area contributed by atoms with Crippen molar-refractivity contribution in [3.63, 3.8) is 0 Å². The van der Waals surface area contributed by atoms with Gasteiger partial charge >= 0.3 is 0 Å². The number of nitro benzene ring substituents is 1. The SMILES string of the molecule is O=[N+]([O-])c1cccc([C@H]2SCCN2S(=O)(=O)c2ccccc2)c1. The summed E-state index contributed by atoms with van der Waals surface area (Å²) in [6.45, 7) is 0.384. The summed E-state index contributed by atoms with van der Waals surface area (Å²) in [6, 6.07) is 14.4. The zero-order valence-corrected chi connectivity index (χ0v) is 13.7. The second kappa shape index (κ2) is 6.31. The molecule has 120 valence electrons. The van der Waals surface area contributed by atoms with Crippen LogP contribution in [-0.4, -0.2) is 29.9 Å². The van der Waals surface area contributed by atoms with Crippen LogP contribution in [-0.2, 0) is 10.0 Å². The zero-order valence-electron chi connectivity index (χ0n) is 12.0. The Bertz CT molecular complexity index is 824. The summed E-state index contributed by atoms with van der Waals surface area (Å²) < 4.78 is 27.0. The van der Waals surface area contributed by atoms with Gasteiger partial charge in [0.25, 0.3) is 5.69 Å². The van der Waals surface area contributed by atoms with E-state index in [2.05, 4.69) is 0 Å². The van der Waals surface area contributed by atoms with Crippen molar-refractivity contribution in [3.05, 3.63) is 70.3 Å². The third-order valence-electron chi connectivity index (χ3n) is 3.56. The number of nitro groups is 1. The van der Waals surface area contributed by atoms with E-state index in [-0.39, 0.29) is 10.6 Å². The lowest BCUT2D eigenvalue weighted by molar-refractivity contribution is -0.384. The van der Waals surface area contributed by atoms with E-state index in [0.717, 1.165) is 0 Å². The number of nitrogens with zero attached hydrogens (tertiary/aromatic N) is 2. The summed E-state index contributed by atoms with van der Waals surface area (Å²) in [5, 5.41) is 10.5. The third kappa shape index (κ3) is 3.10. The molecule has 2 aromatic rings. The van der Waals surface area contributed by atoms with Crippen LogP contribution in [0, 0.1) is 10.1 Å². The molecule has 0 spiro atoms. The molecule has 2 aromatic carbocycles. The van der Waals surface area contributed by atoms with Crippen molar-refractivity contribution in [1.82, 2.24) is 4.31 Å². The number of benzene rings is 2. The van der Waals surface area contributed by atoms with Crippen LogP contribution in [0.25, 0.3) is 0 Å². The van der Waals surface area contributed by atoms with Gasteiger partial charge in [-0.1, -0.05) is 30.3 Å². The van der Waals surface area contributed by atoms with Crippen molar-refractivity contribution in [2.75, 3.05) is 12.3 Å². The molecule has 1 atom stereocenters. The fourth-order valence-electron chi connectivity index (χ4n) is 2.48. The second-order valence-corrected chi connectivity index (χ2v) is 8.08. The van der Waals surface area contributed by atoms with Gasteiger partial charge in [-0.25, -0.2) is 8.42 Å². The summed E-state index contributed by atoms with van der Waals surface area (Å²) in [5.74, 6) is 0.652. The molecule has 0 saturated carbocycles. The maximum atomic E-state index is 12.8. The van der Waals surface area contributed by atoms with Crippen LogP contribution < -0.4 is 0 Å². The van der Waals surface area contributed by atoms with E-state index in [9.17, 15) is 18.5 Å². The molecule has 0 aliphatic carbocycles. The molecule has 23 heavy (non-hydrogen) atoms. The quantitative estimate of drug-likeness (QED) is 0.625. The average molecular weight is 350 g/mol. The maximum absolute atomic E-state index is 12.8. The molecule has 0 radical (unpaired) electrons. The number of non-ortho nitro benzene ring substituents is 1. The van der Waals surface area contributed by atoms with Crippen LogP contribution in [0.3, 0.4) is 0 Å². The standard InChI is InChI=1S/C15H14N2O4S2/c18-17(19)13-6-4-5-12(11-13)15-16(9-10-22-15)23(20,21)14-7-2-1-3-8-14/h1-8,11,15H,9-10H2/t15-/m1/s1. The summed E-state index contributed by atoms with van der Waals surface area (Å²) in [5.41, 5.74) is 0.591. The molecule has 1 aliphatic heterocycles. The zero-order chi connectivity index (χ0) is 16.4. The monoisotopic (exact) mass is 350 g/mol. The van der Waals surface area contributed by atoms with Crippen LogP contribution in [0.15, 0.2) is 59.5 Å². The normalized spacial score (nSPS) is 18.9. The fourth-order valence-corrected chi connectivity index (χ4v) is 5.73. The predicted octanol–water partition coefficient (Wildman–Crippen LogP) is 3.03. The topological polar surface area (TPSA) is 80.5 Å². The average Bonchev–Trinajstić information content (AvgIpc) is 3.06.